The molecule has 1 aromatic carbocycles. The molecule has 2 amide bonds. The number of carbonyl (C=O) groups is 3. The van der Waals surface area contributed by atoms with Gasteiger partial charge in [0.1, 0.15) is 11.4 Å². The number of aliphatic hydroxyl groups excluding tert-OH is 1. The fourth-order valence-electron chi connectivity index (χ4n) is 4.11. The maximum Gasteiger partial charge on any atom is 0.241 e. The number of rotatable bonds is 5. The minimum atomic E-state index is -1.15. The van der Waals surface area contributed by atoms with Gasteiger partial charge in [0, 0.05) is 5.56 Å². The first-order chi connectivity index (χ1) is 12.4. The molecule has 7 nitrogen and oxygen atoms in total. The van der Waals surface area contributed by atoms with Crippen LogP contribution >= 0.6 is 0 Å². The number of fused-ring (bicyclic) bond motifs is 5. The van der Waals surface area contributed by atoms with E-state index < -0.39 is 35.4 Å². The molecular formula is C19H19NO6. The molecule has 0 unspecified atom stereocenters. The van der Waals surface area contributed by atoms with Crippen LogP contribution in [-0.2, 0) is 14.3 Å². The van der Waals surface area contributed by atoms with Gasteiger partial charge < -0.3 is 14.6 Å². The third-order valence-corrected chi connectivity index (χ3v) is 5.31. The van der Waals surface area contributed by atoms with Gasteiger partial charge in [-0.1, -0.05) is 12.2 Å². The second-order valence-corrected chi connectivity index (χ2v) is 6.74. The SMILES string of the molecule is CCOc1ccc(C(C)=O)cc1N1C(=O)[C@@H]2[C@H]3C=C[C@@](CO)(O3)[C@H]2C1=O. The highest BCUT2D eigenvalue weighted by Gasteiger charge is 2.67. The molecule has 7 heteroatoms. The first kappa shape index (κ1) is 16.9. The van der Waals surface area contributed by atoms with Crippen LogP contribution in [0, 0.1) is 11.8 Å². The van der Waals surface area contributed by atoms with E-state index in [0.29, 0.717) is 17.9 Å². The number of benzene rings is 1. The van der Waals surface area contributed by atoms with E-state index in [1.807, 2.05) is 0 Å². The number of Topliss-reactive ketones (excluding diaryl/α,β-unsaturated/α-hetero) is 1. The van der Waals surface area contributed by atoms with Crippen molar-refractivity contribution in [2.24, 2.45) is 11.8 Å². The van der Waals surface area contributed by atoms with E-state index in [0.717, 1.165) is 4.90 Å². The number of anilines is 1. The Morgan fingerprint density at radius 1 is 1.35 bits per heavy atom. The summed E-state index contributed by atoms with van der Waals surface area (Å²) >= 11 is 0. The van der Waals surface area contributed by atoms with Gasteiger partial charge in [-0.05, 0) is 32.0 Å². The Bertz CT molecular complexity index is 846. The normalized spacial score (nSPS) is 31.7. The molecular weight excluding hydrogens is 338 g/mol. The molecule has 0 radical (unpaired) electrons. The summed E-state index contributed by atoms with van der Waals surface area (Å²) in [5, 5.41) is 9.78. The molecule has 4 atom stereocenters. The number of hydrogen-bond acceptors (Lipinski definition) is 6. The van der Waals surface area contributed by atoms with E-state index in [1.54, 1.807) is 31.2 Å². The second kappa shape index (κ2) is 5.75. The summed E-state index contributed by atoms with van der Waals surface area (Å²) in [5.74, 6) is -2.10. The molecule has 136 valence electrons. The van der Waals surface area contributed by atoms with Crippen LogP contribution in [-0.4, -0.2) is 47.6 Å². The largest absolute Gasteiger partial charge is 0.492 e. The molecule has 3 aliphatic heterocycles. The molecule has 0 aromatic heterocycles. The Kier molecular flexibility index (Phi) is 3.75. The number of hydrogen-bond donors (Lipinski definition) is 1. The summed E-state index contributed by atoms with van der Waals surface area (Å²) < 4.78 is 11.3. The van der Waals surface area contributed by atoms with Crippen molar-refractivity contribution in [2.75, 3.05) is 18.1 Å². The number of ketones is 1. The predicted octanol–water partition coefficient (Wildman–Crippen LogP) is 1.09. The Labute approximate surface area is 150 Å². The lowest BCUT2D eigenvalue weighted by atomic mass is 9.77. The molecule has 26 heavy (non-hydrogen) atoms. The summed E-state index contributed by atoms with van der Waals surface area (Å²) in [6.45, 7) is 3.19. The summed E-state index contributed by atoms with van der Waals surface area (Å²) in [6.07, 6.45) is 2.87. The monoisotopic (exact) mass is 357 g/mol. The number of carbonyl (C=O) groups excluding carboxylic acids is 3. The van der Waals surface area contributed by atoms with Crippen LogP contribution in [0.3, 0.4) is 0 Å². The number of nitrogens with zero attached hydrogens (tertiary/aromatic N) is 1. The molecule has 0 spiro atoms. The number of ether oxygens (including phenoxy) is 2. The van der Waals surface area contributed by atoms with Crippen molar-refractivity contribution < 1.29 is 29.0 Å². The summed E-state index contributed by atoms with van der Waals surface area (Å²) in [4.78, 5) is 39.0. The van der Waals surface area contributed by atoms with Crippen molar-refractivity contribution in [3.63, 3.8) is 0 Å². The van der Waals surface area contributed by atoms with Gasteiger partial charge in [0.25, 0.3) is 0 Å². The van der Waals surface area contributed by atoms with E-state index in [-0.39, 0.29) is 18.1 Å². The first-order valence-electron chi connectivity index (χ1n) is 8.57. The predicted molar refractivity (Wildman–Crippen MR) is 90.9 cm³/mol. The average Bonchev–Trinajstić information content (AvgIpc) is 3.27. The highest BCUT2D eigenvalue weighted by atomic mass is 16.5. The van der Waals surface area contributed by atoms with Crippen LogP contribution in [0.2, 0.25) is 0 Å². The number of imide groups is 1. The second-order valence-electron chi connectivity index (χ2n) is 6.74. The quantitative estimate of drug-likeness (QED) is 0.482. The smallest absolute Gasteiger partial charge is 0.241 e. The van der Waals surface area contributed by atoms with Crippen molar-refractivity contribution in [1.82, 2.24) is 0 Å². The van der Waals surface area contributed by atoms with Crippen molar-refractivity contribution >= 4 is 23.3 Å². The summed E-state index contributed by atoms with van der Waals surface area (Å²) in [5.41, 5.74) is -0.507. The highest BCUT2D eigenvalue weighted by Crippen LogP contribution is 2.53. The van der Waals surface area contributed by atoms with Crippen molar-refractivity contribution in [2.45, 2.75) is 25.6 Å². The third kappa shape index (κ3) is 2.10. The standard InChI is InChI=1S/C19H19NO6/c1-3-25-13-5-4-11(10(2)22)8-12(13)20-17(23)15-14-6-7-19(9-21,26-14)16(15)18(20)24/h4-8,14-16,21H,3,9H2,1-2H3/t14-,15-,16-,19+/m1/s1. The Morgan fingerprint density at radius 2 is 2.12 bits per heavy atom. The molecule has 2 fully saturated rings. The van der Waals surface area contributed by atoms with Gasteiger partial charge in [-0.15, -0.1) is 0 Å². The Balaban J connectivity index is 1.80. The topological polar surface area (TPSA) is 93.1 Å². The highest BCUT2D eigenvalue weighted by molar-refractivity contribution is 6.24. The Morgan fingerprint density at radius 3 is 2.77 bits per heavy atom. The van der Waals surface area contributed by atoms with Crippen molar-refractivity contribution in [3.05, 3.63) is 35.9 Å². The zero-order valence-electron chi connectivity index (χ0n) is 14.5. The van der Waals surface area contributed by atoms with Crippen LogP contribution in [0.15, 0.2) is 30.4 Å². The summed E-state index contributed by atoms with van der Waals surface area (Å²) in [6, 6.07) is 4.70. The molecule has 0 aliphatic carbocycles. The molecule has 1 N–H and O–H groups in total. The molecule has 1 aromatic rings. The number of amides is 2. The maximum absolute atomic E-state index is 13.1. The van der Waals surface area contributed by atoms with Gasteiger partial charge in [0.2, 0.25) is 11.8 Å². The van der Waals surface area contributed by atoms with E-state index in [9.17, 15) is 19.5 Å². The number of aliphatic hydroxyl groups is 1. The molecule has 3 aliphatic rings. The molecule has 2 saturated heterocycles. The average molecular weight is 357 g/mol. The van der Waals surface area contributed by atoms with E-state index in [4.69, 9.17) is 9.47 Å². The molecule has 2 bridgehead atoms. The van der Waals surface area contributed by atoms with Gasteiger partial charge in [-0.3, -0.25) is 14.4 Å². The lowest BCUT2D eigenvalue weighted by Crippen LogP contribution is -2.43. The minimum absolute atomic E-state index is 0.175. The van der Waals surface area contributed by atoms with Gasteiger partial charge >= 0.3 is 0 Å². The molecule has 4 rings (SSSR count). The van der Waals surface area contributed by atoms with E-state index >= 15 is 0 Å². The lowest BCUT2D eigenvalue weighted by molar-refractivity contribution is -0.128. The first-order valence-corrected chi connectivity index (χ1v) is 8.57. The van der Waals surface area contributed by atoms with Gasteiger partial charge in [0.05, 0.1) is 36.8 Å². The Hall–Kier alpha value is -2.51. The molecule has 0 saturated carbocycles. The van der Waals surface area contributed by atoms with Crippen LogP contribution < -0.4 is 9.64 Å². The summed E-state index contributed by atoms with van der Waals surface area (Å²) in [7, 11) is 0. The fraction of sp³-hybridized carbons (Fsp3) is 0.421. The molecule has 3 heterocycles. The minimum Gasteiger partial charge on any atom is -0.492 e. The lowest BCUT2D eigenvalue weighted by Gasteiger charge is -2.27. The van der Waals surface area contributed by atoms with Crippen LogP contribution in [0.5, 0.6) is 5.75 Å². The fourth-order valence-corrected chi connectivity index (χ4v) is 4.11. The zero-order valence-corrected chi connectivity index (χ0v) is 14.5. The zero-order chi connectivity index (χ0) is 18.6. The van der Waals surface area contributed by atoms with Crippen molar-refractivity contribution in [3.8, 4) is 5.75 Å². The van der Waals surface area contributed by atoms with Gasteiger partial charge in [-0.2, -0.15) is 0 Å². The van der Waals surface area contributed by atoms with Crippen LogP contribution in [0.1, 0.15) is 24.2 Å². The van der Waals surface area contributed by atoms with E-state index in [2.05, 4.69) is 0 Å². The maximum atomic E-state index is 13.1. The van der Waals surface area contributed by atoms with Crippen LogP contribution in [0.4, 0.5) is 5.69 Å². The van der Waals surface area contributed by atoms with Gasteiger partial charge in [-0.25, -0.2) is 4.90 Å². The van der Waals surface area contributed by atoms with Crippen LogP contribution in [0.25, 0.3) is 0 Å². The van der Waals surface area contributed by atoms with Gasteiger partial charge in [0.15, 0.2) is 5.78 Å². The van der Waals surface area contributed by atoms with E-state index in [1.165, 1.54) is 13.0 Å². The third-order valence-electron chi connectivity index (χ3n) is 5.31. The van der Waals surface area contributed by atoms with Crippen molar-refractivity contribution in [1.29, 1.82) is 0 Å².